The van der Waals surface area contributed by atoms with Crippen LogP contribution < -0.4 is 14.4 Å². The Morgan fingerprint density at radius 1 is 1.05 bits per heavy atom. The molecule has 1 atom stereocenters. The van der Waals surface area contributed by atoms with E-state index in [9.17, 15) is 4.79 Å². The number of amides is 1. The van der Waals surface area contributed by atoms with Crippen molar-refractivity contribution in [3.05, 3.63) is 88.3 Å². The van der Waals surface area contributed by atoms with Crippen molar-refractivity contribution in [3.8, 4) is 11.5 Å². The van der Waals surface area contributed by atoms with Crippen molar-refractivity contribution in [1.29, 1.82) is 0 Å². The molecule has 0 N–H and O–H groups in total. The first-order chi connectivity index (χ1) is 19.7. The van der Waals surface area contributed by atoms with Crippen LogP contribution >= 0.6 is 11.8 Å². The maximum Gasteiger partial charge on any atom is 0.267 e. The molecule has 0 aliphatic carbocycles. The number of ether oxygens (including phenoxy) is 2. The number of aliphatic imine (C=N–C) groups is 1. The zero-order valence-electron chi connectivity index (χ0n) is 24.8. The Balaban J connectivity index is 1.54. The number of thioether (sulfide) groups is 1. The average molecular weight is 570 g/mol. The van der Waals surface area contributed by atoms with E-state index in [0.717, 1.165) is 47.7 Å². The van der Waals surface area contributed by atoms with Crippen molar-refractivity contribution in [2.45, 2.75) is 58.5 Å². The highest BCUT2D eigenvalue weighted by Gasteiger charge is 2.37. The first-order valence-corrected chi connectivity index (χ1v) is 15.0. The second-order valence-electron chi connectivity index (χ2n) is 11.3. The number of carbonyl (C=O) groups is 1. The summed E-state index contributed by atoms with van der Waals surface area (Å²) in [7, 11) is 3.35. The first kappa shape index (κ1) is 28.8. The lowest BCUT2D eigenvalue weighted by atomic mass is 9.79. The number of anilines is 1. The molecule has 3 aromatic carbocycles. The number of carbonyl (C=O) groups excluding carboxylic acids is 1. The van der Waals surface area contributed by atoms with Gasteiger partial charge in [-0.05, 0) is 91.9 Å². The summed E-state index contributed by atoms with van der Waals surface area (Å²) in [5, 5.41) is 0.657. The molecule has 0 bridgehead atoms. The highest BCUT2D eigenvalue weighted by Crippen LogP contribution is 2.47. The second-order valence-corrected chi connectivity index (χ2v) is 12.3. The third-order valence-electron chi connectivity index (χ3n) is 7.84. The van der Waals surface area contributed by atoms with E-state index >= 15 is 0 Å². The molecule has 2 aliphatic heterocycles. The molecule has 41 heavy (non-hydrogen) atoms. The van der Waals surface area contributed by atoms with Gasteiger partial charge in [0.1, 0.15) is 11.5 Å². The zero-order valence-corrected chi connectivity index (χ0v) is 25.6. The van der Waals surface area contributed by atoms with Gasteiger partial charge in [0.2, 0.25) is 0 Å². The Bertz CT molecular complexity index is 1460. The Hall–Kier alpha value is -3.71. The molecular formula is C34H39N3O3S. The van der Waals surface area contributed by atoms with Crippen LogP contribution in [0.2, 0.25) is 0 Å². The van der Waals surface area contributed by atoms with E-state index in [2.05, 4.69) is 44.7 Å². The fourth-order valence-electron chi connectivity index (χ4n) is 5.86. The number of hydrogen-bond donors (Lipinski definition) is 0. The van der Waals surface area contributed by atoms with Gasteiger partial charge in [0.15, 0.2) is 5.17 Å². The highest BCUT2D eigenvalue weighted by molar-refractivity contribution is 8.18. The largest absolute Gasteiger partial charge is 0.497 e. The molecule has 1 fully saturated rings. The fraction of sp³-hybridized carbons (Fsp3) is 0.353. The van der Waals surface area contributed by atoms with E-state index in [4.69, 9.17) is 14.5 Å². The minimum Gasteiger partial charge on any atom is -0.497 e. The number of rotatable bonds is 8. The van der Waals surface area contributed by atoms with Gasteiger partial charge in [-0.3, -0.25) is 9.69 Å². The average Bonchev–Trinajstić information content (AvgIpc) is 3.24. The van der Waals surface area contributed by atoms with E-state index < -0.39 is 0 Å². The molecule has 2 heterocycles. The lowest BCUT2D eigenvalue weighted by Gasteiger charge is -2.47. The summed E-state index contributed by atoms with van der Waals surface area (Å²) in [6, 6.07) is 21.9. The molecule has 1 unspecified atom stereocenters. The molecule has 2 aliphatic rings. The van der Waals surface area contributed by atoms with E-state index in [1.807, 2.05) is 60.7 Å². The van der Waals surface area contributed by atoms with Crippen molar-refractivity contribution in [2.24, 2.45) is 4.99 Å². The number of benzene rings is 3. The molecule has 1 amide bonds. The van der Waals surface area contributed by atoms with Gasteiger partial charge in [-0.25, -0.2) is 4.99 Å². The summed E-state index contributed by atoms with van der Waals surface area (Å²) in [6.07, 6.45) is 4.11. The SMILES string of the molecule is CCCN1c2cc(OC)c(/C=C3/SC(=Nc4ccccc4)N(Cc4ccc(OC)cc4)C3=O)cc2C(C)CC1(C)C. The second kappa shape index (κ2) is 12.0. The minimum absolute atomic E-state index is 0.0649. The van der Waals surface area contributed by atoms with Crippen LogP contribution in [0.1, 0.15) is 63.1 Å². The van der Waals surface area contributed by atoms with Gasteiger partial charge in [0.25, 0.3) is 5.91 Å². The molecule has 0 radical (unpaired) electrons. The van der Waals surface area contributed by atoms with Crippen LogP contribution in [0.25, 0.3) is 6.08 Å². The van der Waals surface area contributed by atoms with E-state index in [0.29, 0.717) is 22.5 Å². The van der Waals surface area contributed by atoms with Gasteiger partial charge in [-0.1, -0.05) is 44.2 Å². The maximum atomic E-state index is 13.9. The summed E-state index contributed by atoms with van der Waals surface area (Å²) < 4.78 is 11.2. The number of nitrogens with zero attached hydrogens (tertiary/aromatic N) is 3. The van der Waals surface area contributed by atoms with Crippen LogP contribution in [0.5, 0.6) is 11.5 Å². The summed E-state index contributed by atoms with van der Waals surface area (Å²) in [5.41, 5.74) is 5.32. The quantitative estimate of drug-likeness (QED) is 0.257. The number of fused-ring (bicyclic) bond motifs is 1. The van der Waals surface area contributed by atoms with Crippen molar-refractivity contribution in [3.63, 3.8) is 0 Å². The normalized spacial score (nSPS) is 20.0. The van der Waals surface area contributed by atoms with E-state index in [-0.39, 0.29) is 11.4 Å². The molecule has 214 valence electrons. The van der Waals surface area contributed by atoms with Crippen molar-refractivity contribution in [2.75, 3.05) is 25.7 Å². The van der Waals surface area contributed by atoms with Gasteiger partial charge in [0, 0.05) is 29.4 Å². The van der Waals surface area contributed by atoms with Gasteiger partial charge < -0.3 is 14.4 Å². The number of amidine groups is 1. The van der Waals surface area contributed by atoms with Crippen molar-refractivity contribution in [1.82, 2.24) is 4.90 Å². The topological polar surface area (TPSA) is 54.4 Å². The van der Waals surface area contributed by atoms with Gasteiger partial charge in [0.05, 0.1) is 31.4 Å². The van der Waals surface area contributed by atoms with Gasteiger partial charge >= 0.3 is 0 Å². The number of hydrogen-bond acceptors (Lipinski definition) is 6. The summed E-state index contributed by atoms with van der Waals surface area (Å²) in [6.45, 7) is 10.6. The lowest BCUT2D eigenvalue weighted by Crippen LogP contribution is -2.48. The lowest BCUT2D eigenvalue weighted by molar-refractivity contribution is -0.122. The van der Waals surface area contributed by atoms with Crippen LogP contribution in [-0.2, 0) is 11.3 Å². The maximum absolute atomic E-state index is 13.9. The van der Waals surface area contributed by atoms with Crippen LogP contribution in [0.3, 0.4) is 0 Å². The minimum atomic E-state index is -0.0675. The van der Waals surface area contributed by atoms with Crippen LogP contribution in [0, 0.1) is 0 Å². The Labute approximate surface area is 248 Å². The van der Waals surface area contributed by atoms with E-state index in [1.165, 1.54) is 23.0 Å². The monoisotopic (exact) mass is 569 g/mol. The molecule has 1 saturated heterocycles. The molecular weight excluding hydrogens is 530 g/mol. The van der Waals surface area contributed by atoms with Crippen LogP contribution in [0.4, 0.5) is 11.4 Å². The predicted molar refractivity (Wildman–Crippen MR) is 170 cm³/mol. The molecule has 6 nitrogen and oxygen atoms in total. The standard InChI is InChI=1S/C34H39N3O3S/c1-7-17-37-29-20-30(40-6)25(18-28(29)23(2)21-34(37,3)4)19-31-32(38)36(22-24-13-15-27(39-5)16-14-24)33(41-31)35-26-11-9-8-10-12-26/h8-16,18-20,23H,7,17,21-22H2,1-6H3/b31-19+,35-33?. The molecule has 0 saturated carbocycles. The third kappa shape index (κ3) is 6.01. The highest BCUT2D eigenvalue weighted by atomic mass is 32.2. The van der Waals surface area contributed by atoms with E-state index in [1.54, 1.807) is 19.1 Å². The molecule has 3 aromatic rings. The summed E-state index contributed by atoms with van der Waals surface area (Å²) in [4.78, 5) is 23.7. The Kier molecular flexibility index (Phi) is 8.45. The van der Waals surface area contributed by atoms with Crippen LogP contribution in [0.15, 0.2) is 76.6 Å². The molecule has 0 aromatic heterocycles. The third-order valence-corrected chi connectivity index (χ3v) is 8.85. The van der Waals surface area contributed by atoms with Crippen LogP contribution in [-0.4, -0.2) is 42.3 Å². The Morgan fingerprint density at radius 2 is 1.78 bits per heavy atom. The van der Waals surface area contributed by atoms with Gasteiger partial charge in [-0.2, -0.15) is 0 Å². The summed E-state index contributed by atoms with van der Waals surface area (Å²) in [5.74, 6) is 1.88. The predicted octanol–water partition coefficient (Wildman–Crippen LogP) is 8.01. The van der Waals surface area contributed by atoms with Gasteiger partial charge in [-0.15, -0.1) is 0 Å². The first-order valence-electron chi connectivity index (χ1n) is 14.2. The van der Waals surface area contributed by atoms with Crippen molar-refractivity contribution >= 4 is 40.3 Å². The smallest absolute Gasteiger partial charge is 0.267 e. The summed E-state index contributed by atoms with van der Waals surface area (Å²) >= 11 is 1.41. The van der Waals surface area contributed by atoms with Crippen molar-refractivity contribution < 1.29 is 14.3 Å². The Morgan fingerprint density at radius 3 is 2.44 bits per heavy atom. The number of para-hydroxylation sites is 1. The number of methoxy groups -OCH3 is 2. The fourth-order valence-corrected chi connectivity index (χ4v) is 6.85. The zero-order chi connectivity index (χ0) is 29.1. The molecule has 7 heteroatoms. The molecule has 5 rings (SSSR count). The molecule has 0 spiro atoms.